The van der Waals surface area contributed by atoms with E-state index in [4.69, 9.17) is 4.74 Å². The zero-order valence-corrected chi connectivity index (χ0v) is 13.2. The molecule has 0 radical (unpaired) electrons. The molecule has 0 N–H and O–H groups in total. The Morgan fingerprint density at radius 3 is 2.78 bits per heavy atom. The summed E-state index contributed by atoms with van der Waals surface area (Å²) in [6, 6.07) is 9.96. The zero-order chi connectivity index (χ0) is 16.4. The number of nitrogens with zero attached hydrogens (tertiary/aromatic N) is 3. The molecule has 6 heteroatoms. The molecular formula is C17H19N3O3. The Morgan fingerprint density at radius 2 is 2.09 bits per heavy atom. The molecule has 6 nitrogen and oxygen atoms in total. The number of hydrogen-bond acceptors (Lipinski definition) is 5. The highest BCUT2D eigenvalue weighted by atomic mass is 16.6. The Morgan fingerprint density at radius 1 is 1.30 bits per heavy atom. The fourth-order valence-corrected chi connectivity index (χ4v) is 2.89. The van der Waals surface area contributed by atoms with Gasteiger partial charge in [-0.2, -0.15) is 0 Å². The van der Waals surface area contributed by atoms with Gasteiger partial charge in [0, 0.05) is 18.7 Å². The van der Waals surface area contributed by atoms with Gasteiger partial charge in [0.15, 0.2) is 0 Å². The molecule has 23 heavy (non-hydrogen) atoms. The Bertz CT molecular complexity index is 733. The van der Waals surface area contributed by atoms with E-state index in [2.05, 4.69) is 28.9 Å². The van der Waals surface area contributed by atoms with Crippen LogP contribution in [-0.4, -0.2) is 29.6 Å². The molecule has 1 aromatic carbocycles. The van der Waals surface area contributed by atoms with Crippen molar-refractivity contribution in [1.82, 2.24) is 4.98 Å². The molecule has 1 aliphatic heterocycles. The number of morpholine rings is 1. The molecule has 1 aliphatic rings. The second kappa shape index (κ2) is 6.34. The molecule has 0 saturated carbocycles. The molecule has 0 aliphatic carbocycles. The normalized spacial score (nSPS) is 18.0. The van der Waals surface area contributed by atoms with Crippen LogP contribution in [0.25, 0.3) is 0 Å². The van der Waals surface area contributed by atoms with Crippen molar-refractivity contribution in [2.75, 3.05) is 24.6 Å². The van der Waals surface area contributed by atoms with Gasteiger partial charge in [-0.05, 0) is 31.0 Å². The van der Waals surface area contributed by atoms with Crippen molar-refractivity contribution < 1.29 is 9.66 Å². The third-order valence-electron chi connectivity index (χ3n) is 4.19. The van der Waals surface area contributed by atoms with E-state index in [0.717, 1.165) is 12.4 Å². The van der Waals surface area contributed by atoms with E-state index < -0.39 is 4.92 Å². The lowest BCUT2D eigenvalue weighted by Gasteiger charge is -2.34. The van der Waals surface area contributed by atoms with Crippen molar-refractivity contribution in [3.63, 3.8) is 0 Å². The van der Waals surface area contributed by atoms with Crippen LogP contribution in [0.2, 0.25) is 0 Å². The molecule has 3 rings (SSSR count). The van der Waals surface area contributed by atoms with E-state index in [1.807, 2.05) is 12.1 Å². The lowest BCUT2D eigenvalue weighted by molar-refractivity contribution is -0.385. The SMILES string of the molecule is Cc1ccccc1C1CN(c2cc(C)c([N+](=O)[O-])cn2)CCO1. The Balaban J connectivity index is 1.83. The molecule has 0 bridgehead atoms. The highest BCUT2D eigenvalue weighted by Gasteiger charge is 2.25. The maximum atomic E-state index is 10.9. The van der Waals surface area contributed by atoms with E-state index in [1.54, 1.807) is 13.0 Å². The summed E-state index contributed by atoms with van der Waals surface area (Å²) in [5.74, 6) is 0.759. The van der Waals surface area contributed by atoms with Gasteiger partial charge in [0.1, 0.15) is 18.1 Å². The summed E-state index contributed by atoms with van der Waals surface area (Å²) in [6.45, 7) is 5.84. The summed E-state index contributed by atoms with van der Waals surface area (Å²) >= 11 is 0. The van der Waals surface area contributed by atoms with Crippen LogP contribution in [0.1, 0.15) is 22.8 Å². The molecule has 1 aromatic heterocycles. The van der Waals surface area contributed by atoms with Crippen LogP contribution in [0.5, 0.6) is 0 Å². The molecule has 1 atom stereocenters. The number of hydrogen-bond donors (Lipinski definition) is 0. The average Bonchev–Trinajstić information content (AvgIpc) is 2.55. The van der Waals surface area contributed by atoms with Crippen molar-refractivity contribution in [3.05, 3.63) is 63.3 Å². The predicted molar refractivity (Wildman–Crippen MR) is 87.7 cm³/mol. The molecule has 1 unspecified atom stereocenters. The van der Waals surface area contributed by atoms with Gasteiger partial charge in [-0.3, -0.25) is 10.1 Å². The number of pyridine rings is 1. The molecule has 0 amide bonds. The fourth-order valence-electron chi connectivity index (χ4n) is 2.89. The monoisotopic (exact) mass is 313 g/mol. The van der Waals surface area contributed by atoms with Gasteiger partial charge in [-0.25, -0.2) is 4.98 Å². The first-order chi connectivity index (χ1) is 11.1. The summed E-state index contributed by atoms with van der Waals surface area (Å²) in [4.78, 5) is 16.9. The Hall–Kier alpha value is -2.47. The predicted octanol–water partition coefficient (Wildman–Crippen LogP) is 3.18. The standard InChI is InChI=1S/C17H19N3O3/c1-12-5-3-4-6-14(12)16-11-19(7-8-23-16)17-9-13(2)15(10-18-17)20(21)22/h3-6,9-10,16H,7-8,11H2,1-2H3. The van der Waals surface area contributed by atoms with Gasteiger partial charge < -0.3 is 9.64 Å². The highest BCUT2D eigenvalue weighted by Crippen LogP contribution is 2.28. The third-order valence-corrected chi connectivity index (χ3v) is 4.19. The maximum Gasteiger partial charge on any atom is 0.290 e. The minimum Gasteiger partial charge on any atom is -0.370 e. The third kappa shape index (κ3) is 3.17. The van der Waals surface area contributed by atoms with Crippen LogP contribution >= 0.6 is 0 Å². The van der Waals surface area contributed by atoms with Crippen LogP contribution < -0.4 is 4.90 Å². The number of rotatable bonds is 3. The average molecular weight is 313 g/mol. The molecule has 2 aromatic rings. The molecule has 0 spiro atoms. The summed E-state index contributed by atoms with van der Waals surface area (Å²) in [5, 5.41) is 10.9. The maximum absolute atomic E-state index is 10.9. The largest absolute Gasteiger partial charge is 0.370 e. The first-order valence-electron chi connectivity index (χ1n) is 7.59. The Labute approximate surface area is 134 Å². The van der Waals surface area contributed by atoms with Crippen LogP contribution in [0.15, 0.2) is 36.5 Å². The van der Waals surface area contributed by atoms with Gasteiger partial charge >= 0.3 is 0 Å². The van der Waals surface area contributed by atoms with Crippen molar-refractivity contribution in [2.45, 2.75) is 20.0 Å². The van der Waals surface area contributed by atoms with Crippen LogP contribution in [0, 0.1) is 24.0 Å². The molecule has 1 saturated heterocycles. The molecule has 1 fully saturated rings. The lowest BCUT2D eigenvalue weighted by atomic mass is 10.0. The van der Waals surface area contributed by atoms with Gasteiger partial charge in [0.2, 0.25) is 0 Å². The summed E-state index contributed by atoms with van der Waals surface area (Å²) in [6.07, 6.45) is 1.32. The Kier molecular flexibility index (Phi) is 4.25. The van der Waals surface area contributed by atoms with Crippen molar-refractivity contribution in [2.24, 2.45) is 0 Å². The quantitative estimate of drug-likeness (QED) is 0.643. The van der Waals surface area contributed by atoms with Crippen LogP contribution in [0.4, 0.5) is 11.5 Å². The van der Waals surface area contributed by atoms with Gasteiger partial charge in [-0.15, -0.1) is 0 Å². The topological polar surface area (TPSA) is 68.5 Å². The minimum atomic E-state index is -0.401. The van der Waals surface area contributed by atoms with E-state index in [-0.39, 0.29) is 11.8 Å². The molecule has 2 heterocycles. The van der Waals surface area contributed by atoms with E-state index in [9.17, 15) is 10.1 Å². The second-order valence-corrected chi connectivity index (χ2v) is 5.75. The summed E-state index contributed by atoms with van der Waals surface area (Å²) in [7, 11) is 0. The summed E-state index contributed by atoms with van der Waals surface area (Å²) in [5.41, 5.74) is 3.06. The number of aromatic nitrogens is 1. The van der Waals surface area contributed by atoms with Crippen LogP contribution in [-0.2, 0) is 4.74 Å². The number of aryl methyl sites for hydroxylation is 2. The van der Waals surface area contributed by atoms with E-state index >= 15 is 0 Å². The zero-order valence-electron chi connectivity index (χ0n) is 13.2. The molecule has 120 valence electrons. The number of anilines is 1. The fraction of sp³-hybridized carbons (Fsp3) is 0.353. The number of benzene rings is 1. The highest BCUT2D eigenvalue weighted by molar-refractivity contribution is 5.49. The minimum absolute atomic E-state index is 0.0118. The smallest absolute Gasteiger partial charge is 0.290 e. The van der Waals surface area contributed by atoms with Crippen LogP contribution in [0.3, 0.4) is 0 Å². The van der Waals surface area contributed by atoms with E-state index in [1.165, 1.54) is 17.3 Å². The van der Waals surface area contributed by atoms with Crippen molar-refractivity contribution in [1.29, 1.82) is 0 Å². The van der Waals surface area contributed by atoms with Gasteiger partial charge in [0.05, 0.1) is 11.5 Å². The number of ether oxygens (including phenoxy) is 1. The molecular weight excluding hydrogens is 294 g/mol. The first-order valence-corrected chi connectivity index (χ1v) is 7.59. The first kappa shape index (κ1) is 15.4. The van der Waals surface area contributed by atoms with Crippen molar-refractivity contribution >= 4 is 11.5 Å². The lowest BCUT2D eigenvalue weighted by Crippen LogP contribution is -2.39. The van der Waals surface area contributed by atoms with E-state index in [0.29, 0.717) is 18.7 Å². The number of nitro groups is 1. The van der Waals surface area contributed by atoms with Gasteiger partial charge in [-0.1, -0.05) is 24.3 Å². The second-order valence-electron chi connectivity index (χ2n) is 5.75. The van der Waals surface area contributed by atoms with Gasteiger partial charge in [0.25, 0.3) is 5.69 Å². The van der Waals surface area contributed by atoms with Crippen molar-refractivity contribution in [3.8, 4) is 0 Å². The summed E-state index contributed by atoms with van der Waals surface area (Å²) < 4.78 is 5.91.